The fourth-order valence-corrected chi connectivity index (χ4v) is 4.07. The van der Waals surface area contributed by atoms with Gasteiger partial charge >= 0.3 is 0 Å². The number of rotatable bonds is 7. The number of aliphatic imine (C=N–C) groups is 1. The maximum absolute atomic E-state index is 12.8. The minimum absolute atomic E-state index is 0.0880. The van der Waals surface area contributed by atoms with Crippen LogP contribution in [0.3, 0.4) is 0 Å². The summed E-state index contributed by atoms with van der Waals surface area (Å²) in [6.07, 6.45) is 7.34. The zero-order valence-electron chi connectivity index (χ0n) is 17.8. The zero-order valence-corrected chi connectivity index (χ0v) is 17.8. The monoisotopic (exact) mass is 439 g/mol. The van der Waals surface area contributed by atoms with Crippen LogP contribution in [0.15, 0.2) is 35.5 Å². The lowest BCUT2D eigenvalue weighted by atomic mass is 10.1. The Morgan fingerprint density at radius 2 is 1.97 bits per heavy atom. The van der Waals surface area contributed by atoms with Crippen LogP contribution in [-0.2, 0) is 14.4 Å². The van der Waals surface area contributed by atoms with Crippen LogP contribution in [0.1, 0.15) is 48.9 Å². The van der Waals surface area contributed by atoms with E-state index in [0.717, 1.165) is 30.6 Å². The number of carbonyl (C=O) groups is 4. The van der Waals surface area contributed by atoms with Crippen LogP contribution >= 0.6 is 0 Å². The van der Waals surface area contributed by atoms with Gasteiger partial charge in [-0.25, -0.2) is 0 Å². The van der Waals surface area contributed by atoms with Gasteiger partial charge in [0, 0.05) is 18.2 Å². The molecule has 0 aromatic heterocycles. The summed E-state index contributed by atoms with van der Waals surface area (Å²) in [5.74, 6) is -0.725. The lowest BCUT2D eigenvalue weighted by Crippen LogP contribution is -2.44. The average molecular weight is 439 g/mol. The predicted molar refractivity (Wildman–Crippen MR) is 115 cm³/mol. The Bertz CT molecular complexity index is 1010. The van der Waals surface area contributed by atoms with Gasteiger partial charge in [0.25, 0.3) is 11.8 Å². The molecule has 1 N–H and O–H groups in total. The summed E-state index contributed by atoms with van der Waals surface area (Å²) in [7, 11) is 1.53. The van der Waals surface area contributed by atoms with Gasteiger partial charge in [-0.15, -0.1) is 0 Å². The molecule has 1 saturated carbocycles. The molecule has 4 rings (SSSR count). The molecule has 1 saturated heterocycles. The highest BCUT2D eigenvalue weighted by Gasteiger charge is 2.40. The fourth-order valence-electron chi connectivity index (χ4n) is 4.07. The van der Waals surface area contributed by atoms with E-state index in [1.165, 1.54) is 13.3 Å². The lowest BCUT2D eigenvalue weighted by molar-refractivity contribution is -0.137. The first-order chi connectivity index (χ1) is 15.5. The van der Waals surface area contributed by atoms with Crippen molar-refractivity contribution in [3.8, 4) is 11.5 Å². The summed E-state index contributed by atoms with van der Waals surface area (Å²) < 4.78 is 11.4. The normalized spacial score (nSPS) is 21.2. The van der Waals surface area contributed by atoms with Gasteiger partial charge < -0.3 is 14.8 Å². The molecule has 1 atom stereocenters. The van der Waals surface area contributed by atoms with Crippen molar-refractivity contribution in [2.75, 3.05) is 13.7 Å². The number of Topliss-reactive ketones (excluding diaryl/α,β-unsaturated/α-hetero) is 1. The van der Waals surface area contributed by atoms with Gasteiger partial charge in [0.2, 0.25) is 5.91 Å². The lowest BCUT2D eigenvalue weighted by Gasteiger charge is -2.18. The molecule has 0 radical (unpaired) electrons. The number of ether oxygens (including phenoxy) is 2. The second kappa shape index (κ2) is 9.33. The van der Waals surface area contributed by atoms with E-state index in [4.69, 9.17) is 9.47 Å². The molecular weight excluding hydrogens is 414 g/mol. The van der Waals surface area contributed by atoms with E-state index in [0.29, 0.717) is 17.1 Å². The summed E-state index contributed by atoms with van der Waals surface area (Å²) in [6, 6.07) is 3.82. The van der Waals surface area contributed by atoms with Crippen molar-refractivity contribution in [3.05, 3.63) is 36.0 Å². The number of hydrogen-bond donors (Lipinski definition) is 1. The van der Waals surface area contributed by atoms with Gasteiger partial charge in [-0.1, -0.05) is 6.08 Å². The Balaban J connectivity index is 1.43. The first kappa shape index (κ1) is 21.7. The molecule has 2 heterocycles. The number of hydrogen-bond acceptors (Lipinski definition) is 7. The largest absolute Gasteiger partial charge is 0.493 e. The number of nitrogens with zero attached hydrogens (tertiary/aromatic N) is 2. The molecule has 1 aromatic carbocycles. The molecular formula is C23H25N3O6. The molecule has 1 aromatic rings. The maximum atomic E-state index is 12.8. The molecule has 2 fully saturated rings. The van der Waals surface area contributed by atoms with E-state index >= 15 is 0 Å². The topological polar surface area (TPSA) is 114 Å². The third-order valence-electron chi connectivity index (χ3n) is 5.84. The standard InChI is InChI=1S/C23H25N3O6/c1-31-19-9-8-14(11-20(19)32-15-5-2-3-6-15)22(29)25-16-12-21(28)26(23(16)30)13-17-18(27)7-4-10-24-17/h4,8-11,15-16H,2-3,5-7,12-13H2,1H3,(H,25,29)/t16-/m0/s1. The van der Waals surface area contributed by atoms with Crippen LogP contribution in [0.2, 0.25) is 0 Å². The third-order valence-corrected chi connectivity index (χ3v) is 5.84. The van der Waals surface area contributed by atoms with Crippen molar-refractivity contribution in [1.29, 1.82) is 0 Å². The van der Waals surface area contributed by atoms with Crippen molar-refractivity contribution in [2.45, 2.75) is 50.7 Å². The minimum Gasteiger partial charge on any atom is -0.493 e. The van der Waals surface area contributed by atoms with Gasteiger partial charge in [-0.3, -0.25) is 29.1 Å². The summed E-state index contributed by atoms with van der Waals surface area (Å²) in [4.78, 5) is 54.8. The first-order valence-electron chi connectivity index (χ1n) is 10.7. The number of imide groups is 1. The van der Waals surface area contributed by atoms with E-state index in [1.54, 1.807) is 24.3 Å². The number of methoxy groups -OCH3 is 1. The van der Waals surface area contributed by atoms with E-state index in [1.807, 2.05) is 0 Å². The number of allylic oxidation sites excluding steroid dienone is 1. The Morgan fingerprint density at radius 3 is 2.69 bits per heavy atom. The number of carbonyl (C=O) groups excluding carboxylic acids is 4. The van der Waals surface area contributed by atoms with Crippen LogP contribution < -0.4 is 14.8 Å². The van der Waals surface area contributed by atoms with E-state index in [-0.39, 0.29) is 37.0 Å². The van der Waals surface area contributed by atoms with Crippen molar-refractivity contribution in [1.82, 2.24) is 10.2 Å². The Hall–Kier alpha value is -3.49. The second-order valence-electron chi connectivity index (χ2n) is 8.03. The van der Waals surface area contributed by atoms with Gasteiger partial charge in [0.15, 0.2) is 17.3 Å². The number of likely N-dealkylation sites (tertiary alicyclic amines) is 1. The Kier molecular flexibility index (Phi) is 6.34. The average Bonchev–Trinajstić information content (AvgIpc) is 3.39. The van der Waals surface area contributed by atoms with Gasteiger partial charge in [0.05, 0.1) is 26.2 Å². The van der Waals surface area contributed by atoms with Crippen molar-refractivity contribution in [3.63, 3.8) is 0 Å². The highest BCUT2D eigenvalue weighted by Crippen LogP contribution is 2.32. The number of nitrogens with one attached hydrogen (secondary N) is 1. The van der Waals surface area contributed by atoms with E-state index in [2.05, 4.69) is 10.3 Å². The molecule has 9 nitrogen and oxygen atoms in total. The minimum atomic E-state index is -0.994. The SMILES string of the molecule is COc1ccc(C(=O)N[C@H]2CC(=O)N(CC3=NC=CCC3=O)C2=O)cc1OC1CCCC1. The number of benzene rings is 1. The maximum Gasteiger partial charge on any atom is 0.252 e. The highest BCUT2D eigenvalue weighted by molar-refractivity contribution is 6.42. The first-order valence-corrected chi connectivity index (χ1v) is 10.7. The second-order valence-corrected chi connectivity index (χ2v) is 8.03. The third kappa shape index (κ3) is 4.56. The van der Waals surface area contributed by atoms with Crippen LogP contribution in [-0.4, -0.2) is 59.9 Å². The Morgan fingerprint density at radius 1 is 1.19 bits per heavy atom. The molecule has 3 aliphatic rings. The van der Waals surface area contributed by atoms with Gasteiger partial charge in [-0.2, -0.15) is 0 Å². The van der Waals surface area contributed by atoms with Crippen LogP contribution in [0, 0.1) is 0 Å². The molecule has 3 amide bonds. The molecule has 9 heteroatoms. The summed E-state index contributed by atoms with van der Waals surface area (Å²) in [5, 5.41) is 2.63. The molecule has 32 heavy (non-hydrogen) atoms. The summed E-state index contributed by atoms with van der Waals surface area (Å²) in [6.45, 7) is -0.185. The highest BCUT2D eigenvalue weighted by atomic mass is 16.5. The van der Waals surface area contributed by atoms with E-state index in [9.17, 15) is 19.2 Å². The van der Waals surface area contributed by atoms with Crippen molar-refractivity contribution >= 4 is 29.2 Å². The molecule has 1 aliphatic carbocycles. The molecule has 0 unspecified atom stereocenters. The molecule has 0 bridgehead atoms. The quantitative estimate of drug-likeness (QED) is 0.648. The fraction of sp³-hybridized carbons (Fsp3) is 0.435. The summed E-state index contributed by atoms with van der Waals surface area (Å²) >= 11 is 0. The smallest absolute Gasteiger partial charge is 0.252 e. The molecule has 168 valence electrons. The zero-order chi connectivity index (χ0) is 22.7. The van der Waals surface area contributed by atoms with Crippen LogP contribution in [0.25, 0.3) is 0 Å². The Labute approximate surface area is 185 Å². The van der Waals surface area contributed by atoms with Crippen LogP contribution in [0.4, 0.5) is 0 Å². The van der Waals surface area contributed by atoms with Crippen molar-refractivity contribution < 1.29 is 28.7 Å². The number of amides is 3. The summed E-state index contributed by atoms with van der Waals surface area (Å²) in [5.41, 5.74) is 0.458. The van der Waals surface area contributed by atoms with Crippen LogP contribution in [0.5, 0.6) is 11.5 Å². The van der Waals surface area contributed by atoms with Gasteiger partial charge in [-0.05, 0) is 43.9 Å². The van der Waals surface area contributed by atoms with Gasteiger partial charge in [0.1, 0.15) is 11.8 Å². The predicted octanol–water partition coefficient (Wildman–Crippen LogP) is 1.80. The molecule has 2 aliphatic heterocycles. The molecule has 0 spiro atoms. The van der Waals surface area contributed by atoms with E-state index < -0.39 is 23.8 Å². The number of ketones is 1. The van der Waals surface area contributed by atoms with Crippen molar-refractivity contribution in [2.24, 2.45) is 4.99 Å².